The molecule has 11 heteroatoms. The van der Waals surface area contributed by atoms with Gasteiger partial charge in [-0.05, 0) is 91.7 Å². The van der Waals surface area contributed by atoms with Crippen LogP contribution in [0.2, 0.25) is 0 Å². The smallest absolute Gasteiger partial charge is 0.343 e. The van der Waals surface area contributed by atoms with Crippen LogP contribution in [0.5, 0.6) is 23.0 Å². The second-order valence-electron chi connectivity index (χ2n) is 11.6. The second-order valence-corrected chi connectivity index (χ2v) is 11.6. The summed E-state index contributed by atoms with van der Waals surface area (Å²) in [5.41, 5.74) is 3.20. The molecular weight excluding hydrogens is 676 g/mol. The van der Waals surface area contributed by atoms with Crippen molar-refractivity contribution in [3.8, 4) is 23.0 Å². The molecule has 53 heavy (non-hydrogen) atoms. The zero-order chi connectivity index (χ0) is 39.0. The highest BCUT2D eigenvalue weighted by atomic mass is 16.5. The summed E-state index contributed by atoms with van der Waals surface area (Å²) in [7, 11) is 3.07. The van der Waals surface area contributed by atoms with Crippen LogP contribution in [0.1, 0.15) is 84.7 Å². The van der Waals surface area contributed by atoms with E-state index in [2.05, 4.69) is 17.6 Å². The van der Waals surface area contributed by atoms with E-state index < -0.39 is 18.4 Å². The van der Waals surface area contributed by atoms with Gasteiger partial charge in [0, 0.05) is 17.3 Å². The summed E-state index contributed by atoms with van der Waals surface area (Å²) in [6.07, 6.45) is 6.20. The van der Waals surface area contributed by atoms with Gasteiger partial charge >= 0.3 is 11.9 Å². The van der Waals surface area contributed by atoms with Crippen molar-refractivity contribution in [3.05, 3.63) is 113 Å². The van der Waals surface area contributed by atoms with Crippen LogP contribution in [0.15, 0.2) is 91.0 Å². The molecule has 0 unspecified atom stereocenters. The lowest BCUT2D eigenvalue weighted by Gasteiger charge is -2.09. The van der Waals surface area contributed by atoms with Gasteiger partial charge in [-0.25, -0.2) is 4.79 Å². The molecule has 0 aromatic heterocycles. The molecule has 0 spiro atoms. The molecule has 0 radical (unpaired) electrons. The molecule has 4 aromatic rings. The number of esters is 1. The fourth-order valence-electron chi connectivity index (χ4n) is 4.68. The molecular formula is C42H52N2O9. The van der Waals surface area contributed by atoms with Crippen molar-refractivity contribution >= 4 is 29.4 Å². The fraction of sp³-hybridized carbons (Fsp3) is 0.333. The number of rotatable bonds is 17. The summed E-state index contributed by atoms with van der Waals surface area (Å²) >= 11 is 0. The monoisotopic (exact) mass is 728 g/mol. The maximum atomic E-state index is 12.2. The second kappa shape index (κ2) is 24.4. The van der Waals surface area contributed by atoms with Gasteiger partial charge in [-0.2, -0.15) is 0 Å². The van der Waals surface area contributed by atoms with Crippen molar-refractivity contribution in [1.82, 2.24) is 5.32 Å². The topological polar surface area (TPSA) is 149 Å². The zero-order valence-corrected chi connectivity index (χ0v) is 31.5. The van der Waals surface area contributed by atoms with Crippen LogP contribution in [0.25, 0.3) is 0 Å². The Morgan fingerprint density at radius 2 is 1.25 bits per heavy atom. The van der Waals surface area contributed by atoms with Crippen LogP contribution in [-0.2, 0) is 16.0 Å². The van der Waals surface area contributed by atoms with E-state index in [1.165, 1.54) is 52.0 Å². The van der Waals surface area contributed by atoms with E-state index >= 15 is 0 Å². The van der Waals surface area contributed by atoms with E-state index in [9.17, 15) is 19.2 Å². The lowest BCUT2D eigenvalue weighted by molar-refractivity contribution is -0.135. The predicted octanol–water partition coefficient (Wildman–Crippen LogP) is 8.29. The molecule has 3 N–H and O–H groups in total. The number of benzene rings is 4. The first kappa shape index (κ1) is 43.3. The predicted molar refractivity (Wildman–Crippen MR) is 206 cm³/mol. The highest BCUT2D eigenvalue weighted by Gasteiger charge is 2.11. The maximum Gasteiger partial charge on any atom is 0.343 e. The van der Waals surface area contributed by atoms with E-state index in [-0.39, 0.29) is 18.3 Å². The zero-order valence-electron chi connectivity index (χ0n) is 31.5. The standard InChI is InChI=1S/C21H26O3.C19H20N2O6.C2H6/c1-3-4-5-6-7-16-23-19-14-10-18(11-15-19)21(22)24-20-12-8-17(2)9-13-20;1-26-15-7-12(8-16(10-15)27-2)9-17(22)21-14-5-3-13(4-6-14)19(25)20-11-18(23)24;1-2/h8-15H,3-7,16H2,1-2H3;3-8,10H,9,11H2,1-2H3,(H,20,25)(H,21,22)(H,23,24);1-2H3. The lowest BCUT2D eigenvalue weighted by Crippen LogP contribution is -2.29. The van der Waals surface area contributed by atoms with Gasteiger partial charge in [-0.1, -0.05) is 64.2 Å². The average molecular weight is 729 g/mol. The Bertz CT molecular complexity index is 1680. The first-order chi connectivity index (χ1) is 25.6. The summed E-state index contributed by atoms with van der Waals surface area (Å²) in [4.78, 5) is 46.6. The molecule has 2 amide bonds. The maximum absolute atomic E-state index is 12.2. The van der Waals surface area contributed by atoms with Crippen LogP contribution in [0.3, 0.4) is 0 Å². The molecule has 0 aliphatic rings. The minimum absolute atomic E-state index is 0.119. The third kappa shape index (κ3) is 16.8. The van der Waals surface area contributed by atoms with E-state index in [4.69, 9.17) is 24.1 Å². The third-order valence-electron chi connectivity index (χ3n) is 7.45. The number of amides is 2. The van der Waals surface area contributed by atoms with Gasteiger partial charge in [0.25, 0.3) is 5.91 Å². The van der Waals surface area contributed by atoms with Crippen molar-refractivity contribution in [2.24, 2.45) is 0 Å². The van der Waals surface area contributed by atoms with Gasteiger partial charge in [0.2, 0.25) is 5.91 Å². The van der Waals surface area contributed by atoms with Crippen LogP contribution < -0.4 is 29.6 Å². The number of anilines is 1. The quantitative estimate of drug-likeness (QED) is 0.0555. The summed E-state index contributed by atoms with van der Waals surface area (Å²) in [6, 6.07) is 25.9. The van der Waals surface area contributed by atoms with Gasteiger partial charge in [0.15, 0.2) is 0 Å². The summed E-state index contributed by atoms with van der Waals surface area (Å²) in [5.74, 6) is 0.302. The number of aliphatic carboxylic acids is 1. The van der Waals surface area contributed by atoms with Crippen LogP contribution in [0, 0.1) is 6.92 Å². The van der Waals surface area contributed by atoms with Crippen molar-refractivity contribution in [2.45, 2.75) is 66.2 Å². The molecule has 0 bridgehead atoms. The van der Waals surface area contributed by atoms with Crippen LogP contribution >= 0.6 is 0 Å². The van der Waals surface area contributed by atoms with Crippen LogP contribution in [-0.4, -0.2) is 56.2 Å². The van der Waals surface area contributed by atoms with Gasteiger partial charge < -0.3 is 34.7 Å². The largest absolute Gasteiger partial charge is 0.497 e. The number of methoxy groups -OCH3 is 2. The fourth-order valence-corrected chi connectivity index (χ4v) is 4.68. The minimum Gasteiger partial charge on any atom is -0.497 e. The van der Waals surface area contributed by atoms with Gasteiger partial charge in [-0.3, -0.25) is 14.4 Å². The molecule has 0 atom stereocenters. The summed E-state index contributed by atoms with van der Waals surface area (Å²) in [6.45, 7) is 8.47. The molecule has 11 nitrogen and oxygen atoms in total. The lowest BCUT2D eigenvalue weighted by atomic mass is 10.1. The van der Waals surface area contributed by atoms with E-state index in [0.29, 0.717) is 34.1 Å². The number of unbranched alkanes of at least 4 members (excludes halogenated alkanes) is 4. The SMILES string of the molecule is CC.CCCCCCCOc1ccc(C(=O)Oc2ccc(C)cc2)cc1.COc1cc(CC(=O)Nc2ccc(C(=O)NCC(=O)O)cc2)cc(OC)c1. The minimum atomic E-state index is -1.12. The number of ether oxygens (including phenoxy) is 4. The molecule has 0 aliphatic carbocycles. The Morgan fingerprint density at radius 1 is 0.679 bits per heavy atom. The number of carboxylic acid groups (broad SMARTS) is 1. The Balaban J connectivity index is 0.000000353. The Labute approximate surface area is 312 Å². The number of aryl methyl sites for hydroxylation is 1. The molecule has 4 rings (SSSR count). The summed E-state index contributed by atoms with van der Waals surface area (Å²) < 4.78 is 21.4. The Kier molecular flexibility index (Phi) is 19.9. The number of hydrogen-bond acceptors (Lipinski definition) is 8. The molecule has 0 saturated heterocycles. The number of carbonyl (C=O) groups excluding carboxylic acids is 3. The van der Waals surface area contributed by atoms with Gasteiger partial charge in [-0.15, -0.1) is 0 Å². The van der Waals surface area contributed by atoms with Crippen molar-refractivity contribution in [3.63, 3.8) is 0 Å². The van der Waals surface area contributed by atoms with Crippen LogP contribution in [0.4, 0.5) is 5.69 Å². The molecule has 0 saturated carbocycles. The highest BCUT2D eigenvalue weighted by molar-refractivity contribution is 5.97. The molecule has 0 aliphatic heterocycles. The Morgan fingerprint density at radius 3 is 1.81 bits per heavy atom. The molecule has 0 fully saturated rings. The van der Waals surface area contributed by atoms with E-state index in [1.807, 2.05) is 45.0 Å². The number of nitrogens with one attached hydrogen (secondary N) is 2. The van der Waals surface area contributed by atoms with Crippen molar-refractivity contribution in [2.75, 3.05) is 32.7 Å². The van der Waals surface area contributed by atoms with Gasteiger partial charge in [0.05, 0.1) is 32.8 Å². The third-order valence-corrected chi connectivity index (χ3v) is 7.45. The van der Waals surface area contributed by atoms with E-state index in [1.54, 1.807) is 54.6 Å². The van der Waals surface area contributed by atoms with Crippen molar-refractivity contribution in [1.29, 1.82) is 0 Å². The summed E-state index contributed by atoms with van der Waals surface area (Å²) in [5, 5.41) is 13.6. The highest BCUT2D eigenvalue weighted by Crippen LogP contribution is 2.23. The Hall–Kier alpha value is -5.84. The van der Waals surface area contributed by atoms with E-state index in [0.717, 1.165) is 29.9 Å². The normalized spacial score (nSPS) is 9.92. The molecule has 0 heterocycles. The van der Waals surface area contributed by atoms with Gasteiger partial charge in [0.1, 0.15) is 29.5 Å². The number of carbonyl (C=O) groups is 4. The molecule has 284 valence electrons. The number of hydrogen-bond donors (Lipinski definition) is 3. The first-order valence-corrected chi connectivity index (χ1v) is 17.7. The number of carboxylic acids is 1. The average Bonchev–Trinajstić information content (AvgIpc) is 3.17. The molecule has 4 aromatic carbocycles. The first-order valence-electron chi connectivity index (χ1n) is 17.7. The van der Waals surface area contributed by atoms with Crippen molar-refractivity contribution < 1.29 is 43.2 Å².